The smallest absolute Gasteiger partial charge is 0.319 e. The van der Waals surface area contributed by atoms with Crippen molar-refractivity contribution in [3.05, 3.63) is 34.9 Å². The summed E-state index contributed by atoms with van der Waals surface area (Å²) in [5.41, 5.74) is 1.98. The molecular formula is C20H28ClN3O2. The maximum atomic E-state index is 12.5. The van der Waals surface area contributed by atoms with Crippen molar-refractivity contribution in [2.75, 3.05) is 26.2 Å². The van der Waals surface area contributed by atoms with Gasteiger partial charge in [-0.3, -0.25) is 0 Å². The van der Waals surface area contributed by atoms with E-state index in [4.69, 9.17) is 16.4 Å². The summed E-state index contributed by atoms with van der Waals surface area (Å²) in [6.07, 6.45) is 2.48. The molecule has 0 radical (unpaired) electrons. The normalized spacial score (nSPS) is 19.8. The molecule has 1 saturated heterocycles. The summed E-state index contributed by atoms with van der Waals surface area (Å²) in [6.45, 7) is 9.13. The molecular weight excluding hydrogens is 350 g/mol. The molecule has 142 valence electrons. The standard InChI is InChI=1S/C20H28ClN3O2/c1-4-23(5-2)19(25)24-11-9-20(10-12-24)14-18(22-26-20)15(3)16-7-6-8-17(21)13-16/h6-8,13,15H,4-5,9-12,14H2,1-3H3. The van der Waals surface area contributed by atoms with Crippen molar-refractivity contribution in [1.82, 2.24) is 9.80 Å². The van der Waals surface area contributed by atoms with Gasteiger partial charge in [-0.2, -0.15) is 0 Å². The first-order valence-electron chi connectivity index (χ1n) is 9.52. The molecule has 2 aliphatic rings. The van der Waals surface area contributed by atoms with Crippen molar-refractivity contribution in [3.63, 3.8) is 0 Å². The molecule has 0 saturated carbocycles. The van der Waals surface area contributed by atoms with E-state index in [1.165, 1.54) is 0 Å². The lowest BCUT2D eigenvalue weighted by atomic mass is 9.83. The molecule has 2 heterocycles. The van der Waals surface area contributed by atoms with Gasteiger partial charge in [0.25, 0.3) is 0 Å². The van der Waals surface area contributed by atoms with Crippen molar-refractivity contribution in [2.45, 2.75) is 51.6 Å². The highest BCUT2D eigenvalue weighted by Crippen LogP contribution is 2.38. The summed E-state index contributed by atoms with van der Waals surface area (Å²) in [5.74, 6) is 0.184. The number of nitrogens with zero attached hydrogens (tertiary/aromatic N) is 3. The van der Waals surface area contributed by atoms with Gasteiger partial charge in [-0.15, -0.1) is 0 Å². The fourth-order valence-electron chi connectivity index (χ4n) is 3.82. The molecule has 0 aliphatic carbocycles. The topological polar surface area (TPSA) is 45.1 Å². The molecule has 0 bridgehead atoms. The van der Waals surface area contributed by atoms with Crippen LogP contribution in [0.5, 0.6) is 0 Å². The molecule has 1 spiro atoms. The summed E-state index contributed by atoms with van der Waals surface area (Å²) in [5, 5.41) is 5.16. The first-order chi connectivity index (χ1) is 12.5. The van der Waals surface area contributed by atoms with Crippen molar-refractivity contribution in [2.24, 2.45) is 5.16 Å². The van der Waals surface area contributed by atoms with E-state index in [2.05, 4.69) is 18.1 Å². The van der Waals surface area contributed by atoms with E-state index in [1.807, 2.05) is 41.8 Å². The Morgan fingerprint density at radius 2 is 2.04 bits per heavy atom. The second-order valence-corrected chi connectivity index (χ2v) is 7.69. The third-order valence-electron chi connectivity index (χ3n) is 5.69. The molecule has 1 fully saturated rings. The van der Waals surface area contributed by atoms with Gasteiger partial charge in [-0.25, -0.2) is 4.79 Å². The number of piperidine rings is 1. The Bertz CT molecular complexity index is 679. The molecule has 5 nitrogen and oxygen atoms in total. The molecule has 0 aromatic heterocycles. The minimum Gasteiger partial charge on any atom is -0.389 e. The highest BCUT2D eigenvalue weighted by molar-refractivity contribution is 6.30. The van der Waals surface area contributed by atoms with Crippen molar-refractivity contribution < 1.29 is 9.63 Å². The summed E-state index contributed by atoms with van der Waals surface area (Å²) < 4.78 is 0. The van der Waals surface area contributed by atoms with E-state index in [9.17, 15) is 4.79 Å². The van der Waals surface area contributed by atoms with Gasteiger partial charge in [0.2, 0.25) is 0 Å². The van der Waals surface area contributed by atoms with Crippen molar-refractivity contribution in [1.29, 1.82) is 0 Å². The Morgan fingerprint density at radius 3 is 2.65 bits per heavy atom. The number of urea groups is 1. The number of oxime groups is 1. The van der Waals surface area contributed by atoms with E-state index in [-0.39, 0.29) is 17.6 Å². The van der Waals surface area contributed by atoms with Gasteiger partial charge < -0.3 is 14.6 Å². The average molecular weight is 378 g/mol. The monoisotopic (exact) mass is 377 g/mol. The molecule has 3 rings (SSSR count). The van der Waals surface area contributed by atoms with E-state index in [1.54, 1.807) is 0 Å². The third-order valence-corrected chi connectivity index (χ3v) is 5.92. The molecule has 6 heteroatoms. The number of likely N-dealkylation sites (tertiary alicyclic amines) is 1. The van der Waals surface area contributed by atoms with Gasteiger partial charge in [0, 0.05) is 56.4 Å². The zero-order valence-electron chi connectivity index (χ0n) is 15.9. The lowest BCUT2D eigenvalue weighted by Crippen LogP contribution is -2.51. The first kappa shape index (κ1) is 19.0. The molecule has 2 amide bonds. The Morgan fingerprint density at radius 1 is 1.35 bits per heavy atom. The quantitative estimate of drug-likeness (QED) is 0.774. The van der Waals surface area contributed by atoms with E-state index in [0.717, 1.165) is 61.7 Å². The van der Waals surface area contributed by atoms with E-state index >= 15 is 0 Å². The molecule has 2 aliphatic heterocycles. The van der Waals surface area contributed by atoms with Crippen molar-refractivity contribution in [3.8, 4) is 0 Å². The fourth-order valence-corrected chi connectivity index (χ4v) is 4.02. The Hall–Kier alpha value is -1.75. The van der Waals surface area contributed by atoms with Crippen LogP contribution < -0.4 is 0 Å². The number of hydrogen-bond acceptors (Lipinski definition) is 3. The number of carbonyl (C=O) groups excluding carboxylic acids is 1. The summed E-state index contributed by atoms with van der Waals surface area (Å²) in [7, 11) is 0. The lowest BCUT2D eigenvalue weighted by molar-refractivity contribution is -0.0565. The SMILES string of the molecule is CCN(CC)C(=O)N1CCC2(CC1)CC(C(C)c1cccc(Cl)c1)=NO2. The number of halogens is 1. The summed E-state index contributed by atoms with van der Waals surface area (Å²) >= 11 is 6.12. The van der Waals surface area contributed by atoms with Gasteiger partial charge in [0.1, 0.15) is 5.60 Å². The van der Waals surface area contributed by atoms with Crippen molar-refractivity contribution >= 4 is 23.3 Å². The minimum atomic E-state index is -0.248. The van der Waals surface area contributed by atoms with Crippen LogP contribution in [0.1, 0.15) is 51.5 Å². The zero-order chi connectivity index (χ0) is 18.7. The predicted octanol–water partition coefficient (Wildman–Crippen LogP) is 4.52. The molecule has 1 atom stereocenters. The third kappa shape index (κ3) is 3.83. The van der Waals surface area contributed by atoms with Crippen LogP contribution in [0.2, 0.25) is 5.02 Å². The van der Waals surface area contributed by atoms with Crippen LogP contribution in [0.15, 0.2) is 29.4 Å². The zero-order valence-corrected chi connectivity index (χ0v) is 16.6. The number of amides is 2. The summed E-state index contributed by atoms with van der Waals surface area (Å²) in [6, 6.07) is 8.06. The lowest BCUT2D eigenvalue weighted by Gasteiger charge is -2.39. The Labute approximate surface area is 160 Å². The maximum Gasteiger partial charge on any atom is 0.319 e. The predicted molar refractivity (Wildman–Crippen MR) is 105 cm³/mol. The second kappa shape index (κ2) is 7.87. The van der Waals surface area contributed by atoms with Crippen LogP contribution in [0.4, 0.5) is 4.79 Å². The molecule has 0 N–H and O–H groups in total. The number of carbonyl (C=O) groups is 1. The van der Waals surface area contributed by atoms with Crippen LogP contribution >= 0.6 is 11.6 Å². The van der Waals surface area contributed by atoms with Crippen LogP contribution in [0, 0.1) is 0 Å². The fraction of sp³-hybridized carbons (Fsp3) is 0.600. The Balaban J connectivity index is 1.59. The van der Waals surface area contributed by atoms with Gasteiger partial charge in [-0.1, -0.05) is 35.8 Å². The maximum absolute atomic E-state index is 12.5. The molecule has 1 aromatic carbocycles. The summed E-state index contributed by atoms with van der Waals surface area (Å²) in [4.78, 5) is 22.3. The van der Waals surface area contributed by atoms with Gasteiger partial charge in [0.05, 0.1) is 5.71 Å². The van der Waals surface area contributed by atoms with Crippen LogP contribution in [-0.2, 0) is 4.84 Å². The van der Waals surface area contributed by atoms with Crippen LogP contribution in [0.25, 0.3) is 0 Å². The first-order valence-corrected chi connectivity index (χ1v) is 9.90. The van der Waals surface area contributed by atoms with Crippen LogP contribution in [-0.4, -0.2) is 53.3 Å². The largest absolute Gasteiger partial charge is 0.389 e. The molecule has 1 unspecified atom stereocenters. The van der Waals surface area contributed by atoms with E-state index < -0.39 is 0 Å². The average Bonchev–Trinajstić information content (AvgIpc) is 3.06. The highest BCUT2D eigenvalue weighted by Gasteiger charge is 2.44. The highest BCUT2D eigenvalue weighted by atomic mass is 35.5. The van der Waals surface area contributed by atoms with Gasteiger partial charge in [-0.05, 0) is 31.5 Å². The second-order valence-electron chi connectivity index (χ2n) is 7.25. The molecule has 26 heavy (non-hydrogen) atoms. The minimum absolute atomic E-state index is 0.135. The van der Waals surface area contributed by atoms with Gasteiger partial charge in [0.15, 0.2) is 0 Å². The number of rotatable bonds is 4. The number of hydrogen-bond donors (Lipinski definition) is 0. The van der Waals surface area contributed by atoms with Gasteiger partial charge >= 0.3 is 6.03 Å². The molecule has 1 aromatic rings. The Kier molecular flexibility index (Phi) is 5.76. The number of benzene rings is 1. The van der Waals surface area contributed by atoms with E-state index in [0.29, 0.717) is 0 Å². The van der Waals surface area contributed by atoms with Crippen LogP contribution in [0.3, 0.4) is 0 Å².